The standard InChI is InChI=1S/C20H18ClN5O3S/c1-2-3-4-17-24-26-18(22)14(19(27)23-20(26)30-17)10-12-6-8-16(29-12)13-7-5-11(25-28)9-15(13)21/h5-10,28H,2-4,22H2,1H3. The van der Waals surface area contributed by atoms with E-state index in [1.807, 2.05) is 0 Å². The van der Waals surface area contributed by atoms with Crippen molar-refractivity contribution in [3.05, 3.63) is 67.1 Å². The van der Waals surface area contributed by atoms with Crippen LogP contribution < -0.4 is 22.1 Å². The largest absolute Gasteiger partial charge is 0.457 e. The summed E-state index contributed by atoms with van der Waals surface area (Å²) in [6.45, 7) is 2.11. The summed E-state index contributed by atoms with van der Waals surface area (Å²) in [5.41, 5.74) is 7.87. The van der Waals surface area contributed by atoms with Gasteiger partial charge in [0, 0.05) is 12.0 Å². The first-order valence-electron chi connectivity index (χ1n) is 9.28. The molecule has 0 spiro atoms. The lowest BCUT2D eigenvalue weighted by Crippen LogP contribution is -2.18. The first-order chi connectivity index (χ1) is 14.5. The Morgan fingerprint density at radius 3 is 2.97 bits per heavy atom. The van der Waals surface area contributed by atoms with Gasteiger partial charge in [0.2, 0.25) is 4.96 Å². The highest BCUT2D eigenvalue weighted by Crippen LogP contribution is 2.21. The van der Waals surface area contributed by atoms with Gasteiger partial charge < -0.3 is 15.4 Å². The van der Waals surface area contributed by atoms with Gasteiger partial charge in [0.25, 0.3) is 5.56 Å². The van der Waals surface area contributed by atoms with Crippen molar-refractivity contribution in [1.29, 1.82) is 0 Å². The number of anilines is 1. The van der Waals surface area contributed by atoms with E-state index in [1.54, 1.807) is 24.3 Å². The maximum Gasteiger partial charge on any atom is 0.283 e. The molecule has 0 aromatic carbocycles. The fourth-order valence-electron chi connectivity index (χ4n) is 2.97. The molecule has 0 unspecified atom stereocenters. The molecule has 1 aliphatic carbocycles. The van der Waals surface area contributed by atoms with E-state index in [4.69, 9.17) is 27.0 Å². The number of fused-ring (bicyclic) bond motifs is 1. The Bertz CT molecular complexity index is 1390. The number of hydrogen-bond acceptors (Lipinski definition) is 8. The Kier molecular flexibility index (Phi) is 5.56. The Labute approximate surface area is 179 Å². The van der Waals surface area contributed by atoms with Crippen LogP contribution in [-0.4, -0.2) is 25.5 Å². The maximum absolute atomic E-state index is 12.5. The quantitative estimate of drug-likeness (QED) is 0.471. The van der Waals surface area contributed by atoms with E-state index in [0.29, 0.717) is 32.1 Å². The molecule has 0 saturated heterocycles. The lowest BCUT2D eigenvalue weighted by atomic mass is 10.1. The SMILES string of the molecule is CCCCc1nn2c(N)c(C=c3ccc(=C4C=CC(=NO)C=C4Cl)o3)c(=O)nc2s1. The van der Waals surface area contributed by atoms with Crippen LogP contribution in [0.15, 0.2) is 49.8 Å². The molecule has 0 bridgehead atoms. The van der Waals surface area contributed by atoms with Crippen molar-refractivity contribution < 1.29 is 9.62 Å². The predicted octanol–water partition coefficient (Wildman–Crippen LogP) is 2.17. The van der Waals surface area contributed by atoms with Gasteiger partial charge in [0.05, 0.1) is 10.6 Å². The highest BCUT2D eigenvalue weighted by molar-refractivity contribution is 7.16. The Morgan fingerprint density at radius 1 is 1.40 bits per heavy atom. The Hall–Kier alpha value is -3.17. The van der Waals surface area contributed by atoms with Crippen LogP contribution in [-0.2, 0) is 6.42 Å². The van der Waals surface area contributed by atoms with Gasteiger partial charge in [-0.3, -0.25) is 4.79 Å². The molecule has 4 rings (SSSR count). The van der Waals surface area contributed by atoms with E-state index in [9.17, 15) is 4.79 Å². The van der Waals surface area contributed by atoms with E-state index in [1.165, 1.54) is 28.0 Å². The van der Waals surface area contributed by atoms with Gasteiger partial charge in [-0.05, 0) is 42.9 Å². The summed E-state index contributed by atoms with van der Waals surface area (Å²) >= 11 is 7.60. The highest BCUT2D eigenvalue weighted by Gasteiger charge is 2.14. The summed E-state index contributed by atoms with van der Waals surface area (Å²) in [6.07, 6.45) is 9.23. The number of allylic oxidation sites excluding steroid dienone is 4. The molecule has 0 saturated carbocycles. The first kappa shape index (κ1) is 20.1. The molecule has 0 atom stereocenters. The molecular weight excluding hydrogens is 426 g/mol. The summed E-state index contributed by atoms with van der Waals surface area (Å²) in [5.74, 6) is 0.217. The average molecular weight is 444 g/mol. The molecule has 8 nitrogen and oxygen atoms in total. The molecule has 3 heterocycles. The van der Waals surface area contributed by atoms with Gasteiger partial charge in [0.15, 0.2) is 0 Å². The van der Waals surface area contributed by atoms with Gasteiger partial charge in [-0.1, -0.05) is 41.4 Å². The highest BCUT2D eigenvalue weighted by atomic mass is 35.5. The number of nitrogens with two attached hydrogens (primary N) is 1. The zero-order valence-corrected chi connectivity index (χ0v) is 17.6. The van der Waals surface area contributed by atoms with Crippen LogP contribution in [0.4, 0.5) is 5.82 Å². The van der Waals surface area contributed by atoms with Crippen LogP contribution >= 0.6 is 22.9 Å². The normalized spacial score (nSPS) is 17.9. The van der Waals surface area contributed by atoms with Crippen LogP contribution in [0.3, 0.4) is 0 Å². The molecule has 0 aliphatic heterocycles. The number of aryl methyl sites for hydroxylation is 1. The summed E-state index contributed by atoms with van der Waals surface area (Å²) in [5, 5.41) is 17.7. The number of halogens is 1. The minimum Gasteiger partial charge on any atom is -0.457 e. The number of furan rings is 1. The Morgan fingerprint density at radius 2 is 2.23 bits per heavy atom. The van der Waals surface area contributed by atoms with Gasteiger partial charge in [-0.15, -0.1) is 0 Å². The summed E-state index contributed by atoms with van der Waals surface area (Å²) in [6, 6.07) is 3.44. The third-order valence-corrected chi connectivity index (χ3v) is 5.81. The Balaban J connectivity index is 1.79. The average Bonchev–Trinajstić information content (AvgIpc) is 3.36. The van der Waals surface area contributed by atoms with Crippen molar-refractivity contribution in [2.24, 2.45) is 5.16 Å². The second-order valence-electron chi connectivity index (χ2n) is 6.62. The number of rotatable bonds is 4. The van der Waals surface area contributed by atoms with Crippen molar-refractivity contribution in [3.8, 4) is 0 Å². The lowest BCUT2D eigenvalue weighted by Gasteiger charge is -2.04. The van der Waals surface area contributed by atoms with Crippen LogP contribution in [0.2, 0.25) is 0 Å². The van der Waals surface area contributed by atoms with Crippen molar-refractivity contribution in [2.45, 2.75) is 26.2 Å². The lowest BCUT2D eigenvalue weighted by molar-refractivity contribution is 0.320. The molecule has 0 amide bonds. The topological polar surface area (TPSA) is 119 Å². The molecule has 0 fully saturated rings. The molecule has 1 aliphatic rings. The van der Waals surface area contributed by atoms with Crippen molar-refractivity contribution in [2.75, 3.05) is 5.73 Å². The number of nitrogen functional groups attached to an aromatic ring is 1. The van der Waals surface area contributed by atoms with Gasteiger partial charge >= 0.3 is 0 Å². The summed E-state index contributed by atoms with van der Waals surface area (Å²) in [4.78, 5) is 17.1. The maximum atomic E-state index is 12.5. The molecule has 10 heteroatoms. The van der Waals surface area contributed by atoms with Crippen LogP contribution in [0.1, 0.15) is 30.3 Å². The molecule has 3 aromatic rings. The summed E-state index contributed by atoms with van der Waals surface area (Å²) < 4.78 is 7.33. The van der Waals surface area contributed by atoms with Crippen molar-refractivity contribution in [1.82, 2.24) is 14.6 Å². The minimum atomic E-state index is -0.442. The van der Waals surface area contributed by atoms with Gasteiger partial charge in [-0.25, -0.2) is 0 Å². The van der Waals surface area contributed by atoms with Gasteiger partial charge in [0.1, 0.15) is 27.4 Å². The fourth-order valence-corrected chi connectivity index (χ4v) is 4.17. The second kappa shape index (κ2) is 8.29. The van der Waals surface area contributed by atoms with E-state index in [2.05, 4.69) is 22.2 Å². The first-order valence-corrected chi connectivity index (χ1v) is 10.5. The fraction of sp³-hybridized carbons (Fsp3) is 0.200. The van der Waals surface area contributed by atoms with Gasteiger partial charge in [-0.2, -0.15) is 14.6 Å². The number of oxime groups is 1. The molecule has 30 heavy (non-hydrogen) atoms. The molecule has 3 N–H and O–H groups in total. The number of aromatic nitrogens is 3. The van der Waals surface area contributed by atoms with E-state index >= 15 is 0 Å². The van der Waals surface area contributed by atoms with Crippen LogP contribution in [0, 0.1) is 0 Å². The monoisotopic (exact) mass is 443 g/mol. The zero-order valence-electron chi connectivity index (χ0n) is 16.0. The third-order valence-electron chi connectivity index (χ3n) is 4.52. The number of unbranched alkanes of at least 4 members (excludes halogenated alkanes) is 1. The number of hydrogen-bond donors (Lipinski definition) is 2. The third kappa shape index (κ3) is 3.81. The smallest absolute Gasteiger partial charge is 0.283 e. The molecular formula is C20H18ClN5O3S. The minimum absolute atomic E-state index is 0.210. The molecule has 3 aromatic heterocycles. The number of nitrogens with zero attached hydrogens (tertiary/aromatic N) is 4. The van der Waals surface area contributed by atoms with E-state index in [0.717, 1.165) is 24.3 Å². The molecule has 154 valence electrons. The second-order valence-corrected chi connectivity index (χ2v) is 8.07. The van der Waals surface area contributed by atoms with Crippen molar-refractivity contribution >= 4 is 51.1 Å². The van der Waals surface area contributed by atoms with E-state index in [-0.39, 0.29) is 11.4 Å². The van der Waals surface area contributed by atoms with Crippen LogP contribution in [0.5, 0.6) is 0 Å². The summed E-state index contributed by atoms with van der Waals surface area (Å²) in [7, 11) is 0. The van der Waals surface area contributed by atoms with E-state index < -0.39 is 5.56 Å². The molecule has 0 radical (unpaired) electrons. The zero-order chi connectivity index (χ0) is 21.3. The van der Waals surface area contributed by atoms with Crippen LogP contribution in [0.25, 0.3) is 16.6 Å². The van der Waals surface area contributed by atoms with Crippen molar-refractivity contribution in [3.63, 3.8) is 0 Å². The predicted molar refractivity (Wildman–Crippen MR) is 117 cm³/mol.